The van der Waals surface area contributed by atoms with Crippen molar-refractivity contribution in [2.45, 2.75) is 84.0 Å². The number of phenols is 1. The van der Waals surface area contributed by atoms with Gasteiger partial charge in [0, 0.05) is 0 Å². The van der Waals surface area contributed by atoms with E-state index in [-0.39, 0.29) is 0 Å². The second kappa shape index (κ2) is 6.82. The predicted molar refractivity (Wildman–Crippen MR) is 105 cm³/mol. The highest BCUT2D eigenvalue weighted by molar-refractivity contribution is 5.40. The molecule has 3 aliphatic carbocycles. The molecular weight excluding hydrogens is 304 g/mol. The zero-order chi connectivity index (χ0) is 17.4. The third kappa shape index (κ3) is 2.94. The van der Waals surface area contributed by atoms with Gasteiger partial charge in [-0.2, -0.15) is 0 Å². The number of hydrogen-bond acceptors (Lipinski definition) is 1. The van der Waals surface area contributed by atoms with Gasteiger partial charge < -0.3 is 5.11 Å². The molecule has 2 saturated carbocycles. The van der Waals surface area contributed by atoms with E-state index in [1.807, 2.05) is 12.1 Å². The highest BCUT2D eigenvalue weighted by atomic mass is 16.3. The van der Waals surface area contributed by atoms with Crippen molar-refractivity contribution in [2.75, 3.05) is 0 Å². The molecule has 1 aromatic rings. The van der Waals surface area contributed by atoms with Crippen LogP contribution < -0.4 is 0 Å². The standard InChI is InChI=1S/C24H34O/c1-3-4-5-6-7-18-9-13-23-22-11-8-17-16-19(25)10-12-20(17)21(22)14-15-24(18,23)2/h7,10,12,16,21-23,25H,3-6,8-9,11,13-15H2,1-2H3/b18-7+/t21-,22-,23+,24-/m1/s1. The Hall–Kier alpha value is -1.24. The predicted octanol–water partition coefficient (Wildman–Crippen LogP) is 6.76. The first-order chi connectivity index (χ1) is 12.1. The first-order valence-corrected chi connectivity index (χ1v) is 10.6. The highest BCUT2D eigenvalue weighted by Gasteiger charge is 2.52. The Kier molecular flexibility index (Phi) is 4.69. The molecule has 0 saturated heterocycles. The van der Waals surface area contributed by atoms with Gasteiger partial charge in [-0.25, -0.2) is 0 Å². The van der Waals surface area contributed by atoms with Crippen LogP contribution >= 0.6 is 0 Å². The number of phenolic OH excluding ortho intramolecular Hbond substituents is 1. The SMILES string of the molecule is CCCCC/C=C1\CC[C@H]2[C@@H]3CCc4cc(O)ccc4[C@H]3CC[C@]12C. The van der Waals surface area contributed by atoms with Crippen molar-refractivity contribution in [1.82, 2.24) is 0 Å². The van der Waals surface area contributed by atoms with E-state index in [2.05, 4.69) is 26.0 Å². The van der Waals surface area contributed by atoms with E-state index in [1.54, 1.807) is 11.1 Å². The number of aromatic hydroxyl groups is 1. The van der Waals surface area contributed by atoms with Crippen LogP contribution in [0, 0.1) is 17.3 Å². The molecule has 0 heterocycles. The maximum absolute atomic E-state index is 9.82. The Bertz CT molecular complexity index is 658. The van der Waals surface area contributed by atoms with Crippen molar-refractivity contribution < 1.29 is 5.11 Å². The molecule has 0 aromatic heterocycles. The Balaban J connectivity index is 1.55. The monoisotopic (exact) mass is 338 g/mol. The lowest BCUT2D eigenvalue weighted by molar-refractivity contribution is 0.0812. The van der Waals surface area contributed by atoms with Gasteiger partial charge in [-0.05, 0) is 97.8 Å². The topological polar surface area (TPSA) is 20.2 Å². The molecule has 1 N–H and O–H groups in total. The molecule has 2 fully saturated rings. The van der Waals surface area contributed by atoms with Gasteiger partial charge in [0.2, 0.25) is 0 Å². The van der Waals surface area contributed by atoms with Crippen molar-refractivity contribution in [3.8, 4) is 5.75 Å². The normalized spacial score (nSPS) is 35.3. The Morgan fingerprint density at radius 3 is 2.88 bits per heavy atom. The summed E-state index contributed by atoms with van der Waals surface area (Å²) in [6.45, 7) is 4.88. The fraction of sp³-hybridized carbons (Fsp3) is 0.667. The summed E-state index contributed by atoms with van der Waals surface area (Å²) in [7, 11) is 0. The summed E-state index contributed by atoms with van der Waals surface area (Å²) < 4.78 is 0. The van der Waals surface area contributed by atoms with Gasteiger partial charge in [0.05, 0.1) is 0 Å². The molecule has 0 radical (unpaired) electrons. The minimum Gasteiger partial charge on any atom is -0.508 e. The van der Waals surface area contributed by atoms with E-state index in [1.165, 1.54) is 63.4 Å². The largest absolute Gasteiger partial charge is 0.508 e. The van der Waals surface area contributed by atoms with Gasteiger partial charge in [-0.3, -0.25) is 0 Å². The Morgan fingerprint density at radius 2 is 2.04 bits per heavy atom. The molecular formula is C24H34O. The summed E-state index contributed by atoms with van der Waals surface area (Å²) in [4.78, 5) is 0. The summed E-state index contributed by atoms with van der Waals surface area (Å²) in [5, 5.41) is 9.82. The minimum atomic E-state index is 0.441. The lowest BCUT2D eigenvalue weighted by Gasteiger charge is -2.49. The molecule has 25 heavy (non-hydrogen) atoms. The molecule has 0 aliphatic heterocycles. The maximum atomic E-state index is 9.82. The highest BCUT2D eigenvalue weighted by Crippen LogP contribution is 2.62. The zero-order valence-electron chi connectivity index (χ0n) is 16.1. The van der Waals surface area contributed by atoms with Crippen LogP contribution in [-0.2, 0) is 6.42 Å². The average Bonchev–Trinajstić information content (AvgIpc) is 2.95. The maximum Gasteiger partial charge on any atom is 0.115 e. The first kappa shape index (κ1) is 17.2. The van der Waals surface area contributed by atoms with E-state index in [0.717, 1.165) is 24.2 Å². The number of aryl methyl sites for hydroxylation is 1. The summed E-state index contributed by atoms with van der Waals surface area (Å²) in [5.41, 5.74) is 5.24. The minimum absolute atomic E-state index is 0.441. The van der Waals surface area contributed by atoms with Gasteiger partial charge in [0.1, 0.15) is 5.75 Å². The Morgan fingerprint density at radius 1 is 1.16 bits per heavy atom. The van der Waals surface area contributed by atoms with E-state index < -0.39 is 0 Å². The van der Waals surface area contributed by atoms with E-state index in [4.69, 9.17) is 0 Å². The Labute approximate surface area is 153 Å². The average molecular weight is 339 g/mol. The van der Waals surface area contributed by atoms with Gasteiger partial charge >= 0.3 is 0 Å². The molecule has 0 spiro atoms. The lowest BCUT2D eigenvalue weighted by atomic mass is 9.55. The van der Waals surface area contributed by atoms with Gasteiger partial charge in [0.15, 0.2) is 0 Å². The number of allylic oxidation sites excluding steroid dienone is 2. The van der Waals surface area contributed by atoms with Crippen LogP contribution in [0.4, 0.5) is 0 Å². The van der Waals surface area contributed by atoms with Crippen molar-refractivity contribution >= 4 is 0 Å². The number of fused-ring (bicyclic) bond motifs is 5. The third-order valence-corrected chi connectivity index (χ3v) is 7.76. The second-order valence-electron chi connectivity index (χ2n) is 9.02. The number of benzene rings is 1. The third-order valence-electron chi connectivity index (χ3n) is 7.76. The summed E-state index contributed by atoms with van der Waals surface area (Å²) >= 11 is 0. The quantitative estimate of drug-likeness (QED) is 0.475. The van der Waals surface area contributed by atoms with E-state index in [9.17, 15) is 5.11 Å². The van der Waals surface area contributed by atoms with Crippen LogP contribution in [0.15, 0.2) is 29.8 Å². The summed E-state index contributed by atoms with van der Waals surface area (Å²) in [6.07, 6.45) is 15.9. The first-order valence-electron chi connectivity index (χ1n) is 10.6. The fourth-order valence-electron chi connectivity index (χ4n) is 6.42. The molecule has 1 heteroatoms. The van der Waals surface area contributed by atoms with Crippen molar-refractivity contribution in [1.29, 1.82) is 0 Å². The van der Waals surface area contributed by atoms with Crippen LogP contribution in [0.25, 0.3) is 0 Å². The fourth-order valence-corrected chi connectivity index (χ4v) is 6.42. The lowest BCUT2D eigenvalue weighted by Crippen LogP contribution is -2.40. The number of unbranched alkanes of at least 4 members (excludes halogenated alkanes) is 3. The summed E-state index contributed by atoms with van der Waals surface area (Å²) in [6, 6.07) is 6.15. The molecule has 0 bridgehead atoms. The molecule has 0 unspecified atom stereocenters. The molecule has 136 valence electrons. The van der Waals surface area contributed by atoms with Crippen LogP contribution in [0.5, 0.6) is 5.75 Å². The van der Waals surface area contributed by atoms with Crippen molar-refractivity contribution in [3.05, 3.63) is 41.0 Å². The number of rotatable bonds is 4. The van der Waals surface area contributed by atoms with Crippen LogP contribution in [0.1, 0.15) is 88.7 Å². The summed E-state index contributed by atoms with van der Waals surface area (Å²) in [5.74, 6) is 2.92. The smallest absolute Gasteiger partial charge is 0.115 e. The second-order valence-corrected chi connectivity index (χ2v) is 9.02. The van der Waals surface area contributed by atoms with Crippen LogP contribution in [0.2, 0.25) is 0 Å². The van der Waals surface area contributed by atoms with Gasteiger partial charge in [-0.15, -0.1) is 0 Å². The molecule has 4 rings (SSSR count). The zero-order valence-corrected chi connectivity index (χ0v) is 16.1. The number of hydrogen-bond donors (Lipinski definition) is 1. The molecule has 4 atom stereocenters. The van der Waals surface area contributed by atoms with E-state index in [0.29, 0.717) is 11.2 Å². The van der Waals surface area contributed by atoms with E-state index >= 15 is 0 Å². The van der Waals surface area contributed by atoms with Crippen LogP contribution in [0.3, 0.4) is 0 Å². The molecule has 0 amide bonds. The molecule has 1 nitrogen and oxygen atoms in total. The van der Waals surface area contributed by atoms with Crippen molar-refractivity contribution in [3.63, 3.8) is 0 Å². The van der Waals surface area contributed by atoms with Crippen LogP contribution in [-0.4, -0.2) is 5.11 Å². The molecule has 3 aliphatic rings. The van der Waals surface area contributed by atoms with Crippen molar-refractivity contribution in [2.24, 2.45) is 17.3 Å². The van der Waals surface area contributed by atoms with Gasteiger partial charge in [0.25, 0.3) is 0 Å². The molecule has 1 aromatic carbocycles. The van der Waals surface area contributed by atoms with Gasteiger partial charge in [-0.1, -0.05) is 44.4 Å².